The molecule has 4 nitrogen and oxygen atoms in total. The van der Waals surface area contributed by atoms with Crippen LogP contribution in [-0.2, 0) is 10.1 Å². The first-order valence-electron chi connectivity index (χ1n) is 3.29. The van der Waals surface area contributed by atoms with Gasteiger partial charge in [0, 0.05) is 5.02 Å². The zero-order chi connectivity index (χ0) is 10.2. The summed E-state index contributed by atoms with van der Waals surface area (Å²) in [5, 5.41) is 9.33. The fourth-order valence-corrected chi connectivity index (χ4v) is 1.67. The molecule has 1 aromatic carbocycles. The van der Waals surface area contributed by atoms with Crippen LogP contribution in [-0.4, -0.2) is 47.6 Å². The normalized spacial score (nSPS) is 10.8. The Bertz CT molecular complexity index is 443. The van der Waals surface area contributed by atoms with Crippen molar-refractivity contribution >= 4 is 51.3 Å². The van der Waals surface area contributed by atoms with Crippen LogP contribution >= 0.6 is 11.6 Å². The predicted octanol–water partition coefficient (Wildman–Crippen LogP) is 0.952. The summed E-state index contributed by atoms with van der Waals surface area (Å²) in [5.41, 5.74) is 0.534. The molecule has 2 N–H and O–H groups in total. The number of hydrogen-bond donors (Lipinski definition) is 2. The van der Waals surface area contributed by atoms with E-state index in [1.807, 2.05) is 0 Å². The number of benzene rings is 1. The molecular weight excluding hydrogens is 239 g/mol. The Kier molecular flexibility index (Phi) is 4.90. The maximum absolute atomic E-state index is 10.7. The van der Waals surface area contributed by atoms with Crippen molar-refractivity contribution in [2.24, 2.45) is 0 Å². The van der Waals surface area contributed by atoms with E-state index in [1.54, 1.807) is 6.92 Å². The molecule has 7 heteroatoms. The third kappa shape index (κ3) is 3.12. The number of hydrogen-bond acceptors (Lipinski definition) is 3. The van der Waals surface area contributed by atoms with Gasteiger partial charge in [0.05, 0.1) is 0 Å². The van der Waals surface area contributed by atoms with E-state index < -0.39 is 20.8 Å². The SMILES string of the molecule is Cc1cc(O)c(S(=O)(=O)O)cc1Cl.[NaH]. The first kappa shape index (κ1) is 14.2. The van der Waals surface area contributed by atoms with E-state index in [4.69, 9.17) is 21.3 Å². The van der Waals surface area contributed by atoms with Crippen LogP contribution in [0, 0.1) is 6.92 Å². The number of rotatable bonds is 1. The van der Waals surface area contributed by atoms with Crippen LogP contribution in [0.1, 0.15) is 5.56 Å². The third-order valence-electron chi connectivity index (χ3n) is 1.52. The summed E-state index contributed by atoms with van der Waals surface area (Å²) in [5.74, 6) is -0.510. The van der Waals surface area contributed by atoms with Gasteiger partial charge in [-0.3, -0.25) is 4.55 Å². The summed E-state index contributed by atoms with van der Waals surface area (Å²) < 4.78 is 29.9. The molecule has 0 amide bonds. The summed E-state index contributed by atoms with van der Waals surface area (Å²) in [6.07, 6.45) is 0. The average Bonchev–Trinajstić information content (AvgIpc) is 1.94. The van der Waals surface area contributed by atoms with E-state index in [9.17, 15) is 8.42 Å². The van der Waals surface area contributed by atoms with Crippen molar-refractivity contribution in [3.63, 3.8) is 0 Å². The van der Waals surface area contributed by atoms with E-state index in [0.29, 0.717) is 5.56 Å². The molecule has 14 heavy (non-hydrogen) atoms. The van der Waals surface area contributed by atoms with Gasteiger partial charge < -0.3 is 5.11 Å². The third-order valence-corrected chi connectivity index (χ3v) is 2.81. The van der Waals surface area contributed by atoms with E-state index in [2.05, 4.69) is 0 Å². The molecule has 0 unspecified atom stereocenters. The Labute approximate surface area is 109 Å². The van der Waals surface area contributed by atoms with Crippen molar-refractivity contribution in [1.29, 1.82) is 0 Å². The molecule has 0 aliphatic heterocycles. The van der Waals surface area contributed by atoms with Gasteiger partial charge in [0.15, 0.2) is 0 Å². The second kappa shape index (κ2) is 4.83. The second-order valence-corrected chi connectivity index (χ2v) is 4.34. The van der Waals surface area contributed by atoms with Crippen LogP contribution in [0.4, 0.5) is 0 Å². The molecule has 0 aliphatic carbocycles. The van der Waals surface area contributed by atoms with Crippen LogP contribution in [0.5, 0.6) is 5.75 Å². The van der Waals surface area contributed by atoms with Gasteiger partial charge >= 0.3 is 29.6 Å². The van der Waals surface area contributed by atoms with Crippen molar-refractivity contribution in [1.82, 2.24) is 0 Å². The first-order chi connectivity index (χ1) is 5.82. The van der Waals surface area contributed by atoms with Gasteiger partial charge in [0.2, 0.25) is 0 Å². The van der Waals surface area contributed by atoms with Crippen LogP contribution in [0.2, 0.25) is 5.02 Å². The van der Waals surface area contributed by atoms with Gasteiger partial charge in [-0.2, -0.15) is 8.42 Å². The Balaban J connectivity index is 0.00000169. The average molecular weight is 247 g/mol. The molecule has 0 saturated carbocycles. The van der Waals surface area contributed by atoms with Gasteiger partial charge in [-0.1, -0.05) is 11.6 Å². The van der Waals surface area contributed by atoms with Crippen LogP contribution in [0.3, 0.4) is 0 Å². The van der Waals surface area contributed by atoms with E-state index in [0.717, 1.165) is 6.07 Å². The molecule has 74 valence electrons. The summed E-state index contributed by atoms with van der Waals surface area (Å²) >= 11 is 5.61. The minimum atomic E-state index is -4.41. The summed E-state index contributed by atoms with van der Waals surface area (Å²) in [7, 11) is -4.41. The fourth-order valence-electron chi connectivity index (χ4n) is 0.855. The molecule has 0 bridgehead atoms. The molecule has 0 saturated heterocycles. The van der Waals surface area contributed by atoms with Crippen LogP contribution in [0.25, 0.3) is 0 Å². The van der Waals surface area contributed by atoms with Crippen molar-refractivity contribution in [3.05, 3.63) is 22.7 Å². The van der Waals surface area contributed by atoms with Crippen LogP contribution in [0.15, 0.2) is 17.0 Å². The summed E-state index contributed by atoms with van der Waals surface area (Å²) in [6.45, 7) is 1.61. The molecular formula is C7H8ClNaO4S. The summed E-state index contributed by atoms with van der Waals surface area (Å²) in [6, 6.07) is 2.17. The first-order valence-corrected chi connectivity index (χ1v) is 5.11. The Morgan fingerprint density at radius 3 is 2.29 bits per heavy atom. The van der Waals surface area contributed by atoms with Gasteiger partial charge in [-0.25, -0.2) is 0 Å². The maximum atomic E-state index is 10.7. The number of halogens is 1. The van der Waals surface area contributed by atoms with E-state index in [1.165, 1.54) is 6.07 Å². The Morgan fingerprint density at radius 1 is 1.36 bits per heavy atom. The molecule has 0 heterocycles. The van der Waals surface area contributed by atoms with Crippen molar-refractivity contribution in [3.8, 4) is 5.75 Å². The quantitative estimate of drug-likeness (QED) is 0.572. The molecule has 0 spiro atoms. The van der Waals surface area contributed by atoms with Crippen molar-refractivity contribution in [2.75, 3.05) is 0 Å². The zero-order valence-corrected chi connectivity index (χ0v) is 8.22. The minimum absolute atomic E-state index is 0. The molecule has 1 rings (SSSR count). The molecule has 0 radical (unpaired) electrons. The van der Waals surface area contributed by atoms with Crippen molar-refractivity contribution < 1.29 is 18.1 Å². The molecule has 1 aromatic rings. The van der Waals surface area contributed by atoms with Crippen LogP contribution < -0.4 is 0 Å². The van der Waals surface area contributed by atoms with E-state index >= 15 is 0 Å². The fraction of sp³-hybridized carbons (Fsp3) is 0.143. The van der Waals surface area contributed by atoms with Crippen molar-refractivity contribution in [2.45, 2.75) is 11.8 Å². The van der Waals surface area contributed by atoms with E-state index in [-0.39, 0.29) is 34.6 Å². The standard InChI is InChI=1S/C7H7ClO4S.Na.H/c1-4-2-6(9)7(3-5(4)8)13(10,11)12;;/h2-3,9H,1H3,(H,10,11,12);;. The number of aromatic hydroxyl groups is 1. The molecule has 0 aliphatic rings. The Morgan fingerprint density at radius 2 is 1.86 bits per heavy atom. The number of phenolic OH excluding ortho intramolecular Hbond substituents is 1. The van der Waals surface area contributed by atoms with Gasteiger partial charge in [-0.05, 0) is 24.6 Å². The number of aryl methyl sites for hydroxylation is 1. The number of phenols is 1. The van der Waals surface area contributed by atoms with Gasteiger partial charge in [-0.15, -0.1) is 0 Å². The predicted molar refractivity (Wildman–Crippen MR) is 54.8 cm³/mol. The zero-order valence-electron chi connectivity index (χ0n) is 6.65. The van der Waals surface area contributed by atoms with Gasteiger partial charge in [0.25, 0.3) is 10.1 Å². The monoisotopic (exact) mass is 246 g/mol. The molecule has 0 aromatic heterocycles. The second-order valence-electron chi connectivity index (χ2n) is 2.54. The molecule has 0 atom stereocenters. The van der Waals surface area contributed by atoms with Gasteiger partial charge in [0.1, 0.15) is 10.6 Å². The topological polar surface area (TPSA) is 74.6 Å². The molecule has 0 fully saturated rings. The Hall–Kier alpha value is 0.220. The summed E-state index contributed by atoms with van der Waals surface area (Å²) in [4.78, 5) is -0.580.